The van der Waals surface area contributed by atoms with Crippen LogP contribution in [-0.4, -0.2) is 12.4 Å². The number of rotatable bonds is 1. The van der Waals surface area contributed by atoms with Crippen LogP contribution in [0.1, 0.15) is 18.9 Å². The molecule has 1 aliphatic heterocycles. The average molecular weight is 211 g/mol. The highest BCUT2D eigenvalue weighted by molar-refractivity contribution is 6.35. The number of benzene rings is 1. The molecule has 1 aliphatic rings. The van der Waals surface area contributed by atoms with Crippen molar-refractivity contribution < 1.29 is 9.53 Å². The number of hydrogen-bond donors (Lipinski definition) is 0. The molecule has 0 aromatic heterocycles. The molecule has 1 atom stereocenters. The SMILES string of the molecule is CC(=O)C1(Cl)CCOc2ccccc21. The fourth-order valence-corrected chi connectivity index (χ4v) is 1.96. The molecule has 0 N–H and O–H groups in total. The van der Waals surface area contributed by atoms with Crippen LogP contribution in [0, 0.1) is 0 Å². The van der Waals surface area contributed by atoms with E-state index in [0.29, 0.717) is 13.0 Å². The van der Waals surface area contributed by atoms with Crippen molar-refractivity contribution in [3.05, 3.63) is 29.8 Å². The number of carbonyl (C=O) groups is 1. The Morgan fingerprint density at radius 2 is 2.21 bits per heavy atom. The lowest BCUT2D eigenvalue weighted by molar-refractivity contribution is -0.120. The van der Waals surface area contributed by atoms with Gasteiger partial charge in [-0.15, -0.1) is 11.6 Å². The second kappa shape index (κ2) is 3.28. The summed E-state index contributed by atoms with van der Waals surface area (Å²) in [6.07, 6.45) is 0.543. The zero-order chi connectivity index (χ0) is 10.2. The molecule has 74 valence electrons. The van der Waals surface area contributed by atoms with E-state index in [1.54, 1.807) is 0 Å². The highest BCUT2D eigenvalue weighted by Gasteiger charge is 2.39. The Hall–Kier alpha value is -1.02. The maximum absolute atomic E-state index is 11.5. The molecule has 0 amide bonds. The van der Waals surface area contributed by atoms with Gasteiger partial charge in [0.1, 0.15) is 10.6 Å². The van der Waals surface area contributed by atoms with Crippen molar-refractivity contribution in [3.8, 4) is 5.75 Å². The Bertz CT molecular complexity index is 375. The molecule has 1 heterocycles. The standard InChI is InChI=1S/C11H11ClO2/c1-8(13)11(12)6-7-14-10-5-3-2-4-9(10)11/h2-5H,6-7H2,1H3. The van der Waals surface area contributed by atoms with Crippen molar-refractivity contribution in [1.82, 2.24) is 0 Å². The number of halogens is 1. The molecule has 0 saturated heterocycles. The van der Waals surface area contributed by atoms with Crippen LogP contribution >= 0.6 is 11.6 Å². The van der Waals surface area contributed by atoms with Crippen LogP contribution in [-0.2, 0) is 9.67 Å². The first-order chi connectivity index (χ1) is 6.64. The summed E-state index contributed by atoms with van der Waals surface area (Å²) in [5.74, 6) is 0.707. The Morgan fingerprint density at radius 1 is 1.50 bits per heavy atom. The molecule has 3 heteroatoms. The van der Waals surface area contributed by atoms with Crippen molar-refractivity contribution in [2.75, 3.05) is 6.61 Å². The third-order valence-corrected chi connectivity index (χ3v) is 3.23. The summed E-state index contributed by atoms with van der Waals surface area (Å²) >= 11 is 6.31. The summed E-state index contributed by atoms with van der Waals surface area (Å²) in [5, 5.41) is 0. The van der Waals surface area contributed by atoms with Gasteiger partial charge in [-0.25, -0.2) is 0 Å². The third kappa shape index (κ3) is 1.30. The van der Waals surface area contributed by atoms with Crippen LogP contribution in [0.4, 0.5) is 0 Å². The molecular formula is C11H11ClO2. The van der Waals surface area contributed by atoms with Crippen LogP contribution in [0.2, 0.25) is 0 Å². The zero-order valence-electron chi connectivity index (χ0n) is 7.92. The van der Waals surface area contributed by atoms with Crippen LogP contribution in [0.3, 0.4) is 0 Å². The maximum Gasteiger partial charge on any atom is 0.155 e. The Morgan fingerprint density at radius 3 is 2.93 bits per heavy atom. The molecule has 1 unspecified atom stereocenters. The summed E-state index contributed by atoms with van der Waals surface area (Å²) < 4.78 is 5.43. The minimum Gasteiger partial charge on any atom is -0.493 e. The van der Waals surface area contributed by atoms with E-state index >= 15 is 0 Å². The molecule has 14 heavy (non-hydrogen) atoms. The highest BCUT2D eigenvalue weighted by atomic mass is 35.5. The summed E-state index contributed by atoms with van der Waals surface area (Å²) in [5.41, 5.74) is 0.792. The predicted molar refractivity (Wildman–Crippen MR) is 54.8 cm³/mol. The van der Waals surface area contributed by atoms with E-state index in [9.17, 15) is 4.79 Å². The molecule has 0 bridgehead atoms. The van der Waals surface area contributed by atoms with Gasteiger partial charge in [-0.05, 0) is 13.0 Å². The number of ether oxygens (including phenoxy) is 1. The van der Waals surface area contributed by atoms with E-state index in [-0.39, 0.29) is 5.78 Å². The molecule has 0 radical (unpaired) electrons. The minimum atomic E-state index is -0.880. The zero-order valence-corrected chi connectivity index (χ0v) is 8.67. The van der Waals surface area contributed by atoms with Gasteiger partial charge in [0.2, 0.25) is 0 Å². The smallest absolute Gasteiger partial charge is 0.155 e. The number of para-hydroxylation sites is 1. The monoisotopic (exact) mass is 210 g/mol. The molecule has 0 saturated carbocycles. The Labute approximate surface area is 87.8 Å². The number of ketones is 1. The average Bonchev–Trinajstić information content (AvgIpc) is 2.18. The Kier molecular flexibility index (Phi) is 2.23. The van der Waals surface area contributed by atoms with Gasteiger partial charge in [0, 0.05) is 12.0 Å². The lowest BCUT2D eigenvalue weighted by Crippen LogP contribution is -2.33. The topological polar surface area (TPSA) is 26.3 Å². The lowest BCUT2D eigenvalue weighted by Gasteiger charge is -2.31. The summed E-state index contributed by atoms with van der Waals surface area (Å²) in [7, 11) is 0. The van der Waals surface area contributed by atoms with Gasteiger partial charge in [0.15, 0.2) is 5.78 Å². The van der Waals surface area contributed by atoms with E-state index in [0.717, 1.165) is 11.3 Å². The van der Waals surface area contributed by atoms with Gasteiger partial charge >= 0.3 is 0 Å². The first kappa shape index (κ1) is 9.53. The molecule has 2 rings (SSSR count). The Balaban J connectivity index is 2.55. The van der Waals surface area contributed by atoms with Crippen molar-refractivity contribution in [3.63, 3.8) is 0 Å². The van der Waals surface area contributed by atoms with Gasteiger partial charge in [0.05, 0.1) is 6.61 Å². The minimum absolute atomic E-state index is 0.0186. The van der Waals surface area contributed by atoms with Crippen LogP contribution in [0.25, 0.3) is 0 Å². The van der Waals surface area contributed by atoms with Crippen molar-refractivity contribution in [2.45, 2.75) is 18.2 Å². The van der Waals surface area contributed by atoms with Crippen LogP contribution in [0.15, 0.2) is 24.3 Å². The first-order valence-corrected chi connectivity index (χ1v) is 4.94. The van der Waals surface area contributed by atoms with Crippen LogP contribution < -0.4 is 4.74 Å². The fourth-order valence-electron chi connectivity index (χ4n) is 1.72. The molecule has 0 aliphatic carbocycles. The van der Waals surface area contributed by atoms with Gasteiger partial charge in [-0.2, -0.15) is 0 Å². The quantitative estimate of drug-likeness (QED) is 0.666. The third-order valence-electron chi connectivity index (χ3n) is 2.58. The van der Waals surface area contributed by atoms with E-state index < -0.39 is 4.87 Å². The van der Waals surface area contributed by atoms with Crippen molar-refractivity contribution in [1.29, 1.82) is 0 Å². The highest BCUT2D eigenvalue weighted by Crippen LogP contribution is 2.42. The molecule has 1 aromatic carbocycles. The van der Waals surface area contributed by atoms with E-state index in [2.05, 4.69) is 0 Å². The van der Waals surface area contributed by atoms with Crippen LogP contribution in [0.5, 0.6) is 5.75 Å². The van der Waals surface area contributed by atoms with Gasteiger partial charge in [-0.1, -0.05) is 18.2 Å². The molecule has 0 fully saturated rings. The second-order valence-electron chi connectivity index (χ2n) is 3.45. The lowest BCUT2D eigenvalue weighted by atomic mass is 9.89. The largest absolute Gasteiger partial charge is 0.493 e. The van der Waals surface area contributed by atoms with Gasteiger partial charge in [0.25, 0.3) is 0 Å². The van der Waals surface area contributed by atoms with E-state index in [1.165, 1.54) is 6.92 Å². The summed E-state index contributed by atoms with van der Waals surface area (Å²) in [6.45, 7) is 2.02. The first-order valence-electron chi connectivity index (χ1n) is 4.57. The van der Waals surface area contributed by atoms with E-state index in [4.69, 9.17) is 16.3 Å². The molecule has 2 nitrogen and oxygen atoms in total. The van der Waals surface area contributed by atoms with Crippen molar-refractivity contribution >= 4 is 17.4 Å². The number of carbonyl (C=O) groups excluding carboxylic acids is 1. The number of alkyl halides is 1. The second-order valence-corrected chi connectivity index (χ2v) is 4.10. The van der Waals surface area contributed by atoms with Gasteiger partial charge in [-0.3, -0.25) is 4.79 Å². The summed E-state index contributed by atoms with van der Waals surface area (Å²) in [4.78, 5) is 10.6. The number of hydrogen-bond acceptors (Lipinski definition) is 2. The fraction of sp³-hybridized carbons (Fsp3) is 0.364. The maximum atomic E-state index is 11.5. The molecule has 0 spiro atoms. The van der Waals surface area contributed by atoms with Crippen molar-refractivity contribution in [2.24, 2.45) is 0 Å². The number of fused-ring (bicyclic) bond motifs is 1. The molecule has 1 aromatic rings. The predicted octanol–water partition coefficient (Wildman–Crippen LogP) is 2.49. The van der Waals surface area contributed by atoms with E-state index in [1.807, 2.05) is 24.3 Å². The number of Topliss-reactive ketones (excluding diaryl/α,β-unsaturated/α-hetero) is 1. The molecular weight excluding hydrogens is 200 g/mol. The van der Waals surface area contributed by atoms with Gasteiger partial charge < -0.3 is 4.74 Å². The summed E-state index contributed by atoms with van der Waals surface area (Å²) in [6, 6.07) is 7.44. The normalized spacial score (nSPS) is 25.0.